The molecule has 0 N–H and O–H groups in total. The quantitative estimate of drug-likeness (QED) is 0.482. The summed E-state index contributed by atoms with van der Waals surface area (Å²) in [6.07, 6.45) is -4.65. The molecule has 1 aromatic carbocycles. The predicted octanol–water partition coefficient (Wildman–Crippen LogP) is 3.82. The zero-order chi connectivity index (χ0) is 16.3. The van der Waals surface area contributed by atoms with Crippen molar-refractivity contribution in [3.63, 3.8) is 0 Å². The van der Waals surface area contributed by atoms with Crippen LogP contribution in [0.2, 0.25) is 0 Å². The summed E-state index contributed by atoms with van der Waals surface area (Å²) in [4.78, 5) is 11.6. The Labute approximate surface area is 119 Å². The van der Waals surface area contributed by atoms with Gasteiger partial charge in [-0.2, -0.15) is 13.2 Å². The first kappa shape index (κ1) is 17.4. The minimum atomic E-state index is -4.65. The summed E-state index contributed by atoms with van der Waals surface area (Å²) in [7, 11) is 0. The number of esters is 1. The molecule has 0 saturated heterocycles. The first-order chi connectivity index (χ1) is 9.50. The molecule has 1 aromatic rings. The number of benzene rings is 1. The summed E-state index contributed by atoms with van der Waals surface area (Å²) < 4.78 is 60.9. The summed E-state index contributed by atoms with van der Waals surface area (Å²) in [5.41, 5.74) is -2.30. The third-order valence-corrected chi connectivity index (χ3v) is 2.37. The van der Waals surface area contributed by atoms with Crippen LogP contribution < -0.4 is 0 Å². The third kappa shape index (κ3) is 5.71. The fraction of sp³-hybridized carbons (Fsp3) is 0.500. The van der Waals surface area contributed by atoms with E-state index < -0.39 is 34.7 Å². The van der Waals surface area contributed by atoms with Crippen molar-refractivity contribution in [3.05, 3.63) is 35.1 Å². The van der Waals surface area contributed by atoms with Crippen LogP contribution in [0.5, 0.6) is 0 Å². The van der Waals surface area contributed by atoms with Crippen molar-refractivity contribution in [2.45, 2.75) is 32.5 Å². The molecule has 0 radical (unpaired) electrons. The average molecular weight is 308 g/mol. The van der Waals surface area contributed by atoms with Gasteiger partial charge in [-0.15, -0.1) is 0 Å². The van der Waals surface area contributed by atoms with Crippen molar-refractivity contribution < 1.29 is 31.8 Å². The molecular formula is C14H16F4O3. The van der Waals surface area contributed by atoms with Crippen LogP contribution in [0, 0.1) is 5.82 Å². The summed E-state index contributed by atoms with van der Waals surface area (Å²) in [5, 5.41) is 0. The van der Waals surface area contributed by atoms with E-state index in [1.807, 2.05) is 0 Å². The Morgan fingerprint density at radius 2 is 1.76 bits per heavy atom. The van der Waals surface area contributed by atoms with Crippen LogP contribution in [-0.2, 0) is 15.7 Å². The van der Waals surface area contributed by atoms with E-state index in [9.17, 15) is 22.4 Å². The van der Waals surface area contributed by atoms with Crippen molar-refractivity contribution in [2.24, 2.45) is 0 Å². The monoisotopic (exact) mass is 308 g/mol. The van der Waals surface area contributed by atoms with Gasteiger partial charge in [0.1, 0.15) is 12.4 Å². The summed E-state index contributed by atoms with van der Waals surface area (Å²) in [5.74, 6) is -2.22. The first-order valence-corrected chi connectivity index (χ1v) is 6.18. The molecule has 0 aliphatic heterocycles. The Kier molecular flexibility index (Phi) is 5.33. The minimum Gasteiger partial charge on any atom is -0.460 e. The summed E-state index contributed by atoms with van der Waals surface area (Å²) in [6, 6.07) is 1.59. The van der Waals surface area contributed by atoms with Gasteiger partial charge >= 0.3 is 12.1 Å². The highest BCUT2D eigenvalue weighted by atomic mass is 19.4. The van der Waals surface area contributed by atoms with E-state index in [0.29, 0.717) is 18.2 Å². The van der Waals surface area contributed by atoms with Crippen LogP contribution in [-0.4, -0.2) is 24.8 Å². The Hall–Kier alpha value is -1.63. The van der Waals surface area contributed by atoms with Crippen LogP contribution in [0.4, 0.5) is 17.6 Å². The highest BCUT2D eigenvalue weighted by Gasteiger charge is 2.32. The fourth-order valence-electron chi connectivity index (χ4n) is 1.42. The van der Waals surface area contributed by atoms with Crippen LogP contribution in [0.25, 0.3) is 0 Å². The molecule has 0 bridgehead atoms. The maximum absolute atomic E-state index is 13.4. The highest BCUT2D eigenvalue weighted by Crippen LogP contribution is 2.30. The standard InChI is InChI=1S/C14H16F4O3/c1-13(2,3)21-7-6-20-12(19)10-8-9(14(16,17)18)4-5-11(10)15/h4-5,8H,6-7H2,1-3H3. The summed E-state index contributed by atoms with van der Waals surface area (Å²) in [6.45, 7) is 5.27. The number of hydrogen-bond acceptors (Lipinski definition) is 3. The lowest BCUT2D eigenvalue weighted by Gasteiger charge is -2.19. The van der Waals surface area contributed by atoms with Crippen molar-refractivity contribution >= 4 is 5.97 Å². The smallest absolute Gasteiger partial charge is 0.416 e. The number of carbonyl (C=O) groups is 1. The molecule has 0 aliphatic rings. The van der Waals surface area contributed by atoms with Gasteiger partial charge in [0.05, 0.1) is 23.3 Å². The van der Waals surface area contributed by atoms with Crippen molar-refractivity contribution in [1.82, 2.24) is 0 Å². The number of ether oxygens (including phenoxy) is 2. The second-order valence-corrected chi connectivity index (χ2v) is 5.29. The predicted molar refractivity (Wildman–Crippen MR) is 67.4 cm³/mol. The lowest BCUT2D eigenvalue weighted by Crippen LogP contribution is -2.23. The Bertz CT molecular complexity index is 504. The number of alkyl halides is 3. The van der Waals surface area contributed by atoms with Gasteiger partial charge in [-0.3, -0.25) is 0 Å². The van der Waals surface area contributed by atoms with Gasteiger partial charge in [0.15, 0.2) is 0 Å². The van der Waals surface area contributed by atoms with E-state index in [0.717, 1.165) is 0 Å². The molecule has 0 aromatic heterocycles. The molecule has 21 heavy (non-hydrogen) atoms. The molecule has 0 unspecified atom stereocenters. The molecule has 3 nitrogen and oxygen atoms in total. The van der Waals surface area contributed by atoms with E-state index in [1.54, 1.807) is 20.8 Å². The molecule has 7 heteroatoms. The van der Waals surface area contributed by atoms with Gasteiger partial charge < -0.3 is 9.47 Å². The molecule has 0 saturated carbocycles. The molecule has 0 spiro atoms. The van der Waals surface area contributed by atoms with Crippen LogP contribution in [0.3, 0.4) is 0 Å². The van der Waals surface area contributed by atoms with Crippen LogP contribution >= 0.6 is 0 Å². The SMILES string of the molecule is CC(C)(C)OCCOC(=O)c1cc(C(F)(F)F)ccc1F. The lowest BCUT2D eigenvalue weighted by molar-refractivity contribution is -0.137. The van der Waals surface area contributed by atoms with Gasteiger partial charge in [-0.1, -0.05) is 0 Å². The third-order valence-electron chi connectivity index (χ3n) is 2.37. The molecule has 0 atom stereocenters. The molecule has 0 aliphatic carbocycles. The molecule has 1 rings (SSSR count). The van der Waals surface area contributed by atoms with Gasteiger partial charge in [0.2, 0.25) is 0 Å². The average Bonchev–Trinajstić information content (AvgIpc) is 2.32. The number of carbonyl (C=O) groups excluding carboxylic acids is 1. The molecule has 118 valence electrons. The van der Waals surface area contributed by atoms with Gasteiger partial charge in [-0.25, -0.2) is 9.18 Å². The molecule has 0 heterocycles. The number of rotatable bonds is 4. The maximum atomic E-state index is 13.4. The highest BCUT2D eigenvalue weighted by molar-refractivity contribution is 5.90. The van der Waals surface area contributed by atoms with E-state index in [-0.39, 0.29) is 13.2 Å². The fourth-order valence-corrected chi connectivity index (χ4v) is 1.42. The summed E-state index contributed by atoms with van der Waals surface area (Å²) >= 11 is 0. The van der Waals surface area contributed by atoms with Gasteiger partial charge in [-0.05, 0) is 39.0 Å². The van der Waals surface area contributed by atoms with Crippen molar-refractivity contribution in [2.75, 3.05) is 13.2 Å². The lowest BCUT2D eigenvalue weighted by atomic mass is 10.1. The zero-order valence-electron chi connectivity index (χ0n) is 11.9. The normalized spacial score (nSPS) is 12.3. The van der Waals surface area contributed by atoms with Crippen LogP contribution in [0.1, 0.15) is 36.7 Å². The first-order valence-electron chi connectivity index (χ1n) is 6.18. The second kappa shape index (κ2) is 6.43. The Morgan fingerprint density at radius 1 is 1.14 bits per heavy atom. The van der Waals surface area contributed by atoms with Gasteiger partial charge in [0, 0.05) is 0 Å². The maximum Gasteiger partial charge on any atom is 0.416 e. The topological polar surface area (TPSA) is 35.5 Å². The second-order valence-electron chi connectivity index (χ2n) is 5.29. The van der Waals surface area contributed by atoms with E-state index in [2.05, 4.69) is 0 Å². The molecule has 0 fully saturated rings. The molecular weight excluding hydrogens is 292 g/mol. The Balaban J connectivity index is 2.70. The van der Waals surface area contributed by atoms with E-state index >= 15 is 0 Å². The van der Waals surface area contributed by atoms with E-state index in [1.165, 1.54) is 0 Å². The number of halogens is 4. The number of hydrogen-bond donors (Lipinski definition) is 0. The minimum absolute atomic E-state index is 0.0653. The Morgan fingerprint density at radius 3 is 2.29 bits per heavy atom. The molecule has 0 amide bonds. The van der Waals surface area contributed by atoms with E-state index in [4.69, 9.17) is 9.47 Å². The largest absolute Gasteiger partial charge is 0.460 e. The van der Waals surface area contributed by atoms with Crippen LogP contribution in [0.15, 0.2) is 18.2 Å². The zero-order valence-corrected chi connectivity index (χ0v) is 11.9. The van der Waals surface area contributed by atoms with Gasteiger partial charge in [0.25, 0.3) is 0 Å². The van der Waals surface area contributed by atoms with Crippen molar-refractivity contribution in [1.29, 1.82) is 0 Å². The van der Waals surface area contributed by atoms with Crippen molar-refractivity contribution in [3.8, 4) is 0 Å².